The van der Waals surface area contributed by atoms with E-state index in [9.17, 15) is 4.79 Å². The van der Waals surface area contributed by atoms with Gasteiger partial charge >= 0.3 is 0 Å². The van der Waals surface area contributed by atoms with Crippen molar-refractivity contribution in [3.63, 3.8) is 0 Å². The number of hydrogen-bond acceptors (Lipinski definition) is 7. The third-order valence-electron chi connectivity index (χ3n) is 5.69. The highest BCUT2D eigenvalue weighted by atomic mass is 32.1. The number of hydrazone groups is 1. The zero-order valence-corrected chi connectivity index (χ0v) is 19.5. The Balaban J connectivity index is 1.38. The van der Waals surface area contributed by atoms with Gasteiger partial charge < -0.3 is 14.2 Å². The lowest BCUT2D eigenvalue weighted by Gasteiger charge is -2.07. The molecule has 35 heavy (non-hydrogen) atoms. The summed E-state index contributed by atoms with van der Waals surface area (Å²) in [6.07, 6.45) is 1.83. The molecule has 7 nitrogen and oxygen atoms in total. The van der Waals surface area contributed by atoms with E-state index < -0.39 is 0 Å². The molecule has 4 aromatic rings. The summed E-state index contributed by atoms with van der Waals surface area (Å²) in [4.78, 5) is 18.3. The number of fused-ring (bicyclic) bond motifs is 1. The fourth-order valence-electron chi connectivity index (χ4n) is 3.91. The van der Waals surface area contributed by atoms with Crippen molar-refractivity contribution < 1.29 is 19.0 Å². The van der Waals surface area contributed by atoms with Gasteiger partial charge in [0.05, 0.1) is 18.4 Å². The van der Waals surface area contributed by atoms with E-state index in [0.717, 1.165) is 28.1 Å². The molecule has 1 aromatic heterocycles. The maximum absolute atomic E-state index is 13.6. The van der Waals surface area contributed by atoms with Crippen molar-refractivity contribution in [3.8, 4) is 28.5 Å². The SMILES string of the molecule is COc1ccc(-c2csc(N3N=C(c4ccccc4)C(=Cc4ccc5c(c4)OCO5)C3=O)n2)cc1. The first-order chi connectivity index (χ1) is 17.2. The molecule has 0 radical (unpaired) electrons. The molecule has 0 aliphatic carbocycles. The minimum absolute atomic E-state index is 0.194. The number of aromatic nitrogens is 1. The van der Waals surface area contributed by atoms with Crippen LogP contribution in [-0.2, 0) is 4.79 Å². The highest BCUT2D eigenvalue weighted by molar-refractivity contribution is 7.14. The number of hydrogen-bond donors (Lipinski definition) is 0. The zero-order chi connectivity index (χ0) is 23.8. The number of thiazole rings is 1. The van der Waals surface area contributed by atoms with Crippen molar-refractivity contribution in [1.82, 2.24) is 4.98 Å². The predicted octanol–water partition coefficient (Wildman–Crippen LogP) is 5.38. The Bertz CT molecular complexity index is 1480. The first kappa shape index (κ1) is 21.1. The molecule has 6 rings (SSSR count). The molecule has 0 N–H and O–H groups in total. The first-order valence-electron chi connectivity index (χ1n) is 10.9. The number of rotatable bonds is 5. The maximum atomic E-state index is 13.6. The second-order valence-corrected chi connectivity index (χ2v) is 8.68. The minimum Gasteiger partial charge on any atom is -0.497 e. The molecule has 0 spiro atoms. The second kappa shape index (κ2) is 8.73. The summed E-state index contributed by atoms with van der Waals surface area (Å²) in [6, 6.07) is 22.9. The Hall–Kier alpha value is -4.43. The minimum atomic E-state index is -0.239. The summed E-state index contributed by atoms with van der Waals surface area (Å²) in [6.45, 7) is 0.194. The molecule has 8 heteroatoms. The van der Waals surface area contributed by atoms with Crippen LogP contribution in [-0.4, -0.2) is 30.5 Å². The van der Waals surface area contributed by atoms with Gasteiger partial charge in [-0.05, 0) is 48.0 Å². The molecule has 0 fully saturated rings. The van der Waals surface area contributed by atoms with Crippen LogP contribution in [0.3, 0.4) is 0 Å². The van der Waals surface area contributed by atoms with Gasteiger partial charge in [0.15, 0.2) is 11.5 Å². The molecule has 0 unspecified atom stereocenters. The number of carbonyl (C=O) groups excluding carboxylic acids is 1. The fourth-order valence-corrected chi connectivity index (χ4v) is 4.69. The number of benzene rings is 3. The molecule has 2 aliphatic heterocycles. The molecule has 3 aromatic carbocycles. The molecule has 0 saturated carbocycles. The Kier molecular flexibility index (Phi) is 5.27. The predicted molar refractivity (Wildman–Crippen MR) is 135 cm³/mol. The van der Waals surface area contributed by atoms with E-state index in [2.05, 4.69) is 0 Å². The van der Waals surface area contributed by atoms with Crippen molar-refractivity contribution in [1.29, 1.82) is 0 Å². The van der Waals surface area contributed by atoms with Crippen LogP contribution in [0.4, 0.5) is 5.13 Å². The van der Waals surface area contributed by atoms with Gasteiger partial charge in [0.2, 0.25) is 11.9 Å². The van der Waals surface area contributed by atoms with Crippen molar-refractivity contribution >= 4 is 34.2 Å². The molecule has 2 aliphatic rings. The average Bonchev–Trinajstić information content (AvgIpc) is 3.64. The van der Waals surface area contributed by atoms with Crippen molar-refractivity contribution in [2.75, 3.05) is 18.9 Å². The number of nitrogens with zero attached hydrogens (tertiary/aromatic N) is 3. The van der Waals surface area contributed by atoms with Crippen LogP contribution < -0.4 is 19.2 Å². The standard InChI is InChI=1S/C27H19N3O4S/c1-32-20-10-8-18(9-11-20)22-15-35-27(28-22)30-26(31)21(25(29-30)19-5-3-2-4-6-19)13-17-7-12-23-24(14-17)34-16-33-23/h2-15H,16H2,1H3. The summed E-state index contributed by atoms with van der Waals surface area (Å²) in [5, 5.41) is 8.49. The highest BCUT2D eigenvalue weighted by Crippen LogP contribution is 2.36. The van der Waals surface area contributed by atoms with E-state index in [-0.39, 0.29) is 12.7 Å². The van der Waals surface area contributed by atoms with Crippen LogP contribution in [0.25, 0.3) is 17.3 Å². The number of amides is 1. The van der Waals surface area contributed by atoms with Gasteiger partial charge in [-0.1, -0.05) is 36.4 Å². The Morgan fingerprint density at radius 2 is 1.77 bits per heavy atom. The van der Waals surface area contributed by atoms with Crippen LogP contribution in [0, 0.1) is 0 Å². The molecule has 0 bridgehead atoms. The van der Waals surface area contributed by atoms with Crippen LogP contribution in [0.15, 0.2) is 88.9 Å². The van der Waals surface area contributed by atoms with E-state index in [1.807, 2.05) is 84.3 Å². The lowest BCUT2D eigenvalue weighted by molar-refractivity contribution is -0.114. The summed E-state index contributed by atoms with van der Waals surface area (Å²) < 4.78 is 16.1. The third kappa shape index (κ3) is 3.94. The molecule has 172 valence electrons. The Morgan fingerprint density at radius 1 is 0.971 bits per heavy atom. The third-order valence-corrected chi connectivity index (χ3v) is 6.51. The molecule has 1 amide bonds. The van der Waals surface area contributed by atoms with Gasteiger partial charge in [-0.2, -0.15) is 10.1 Å². The van der Waals surface area contributed by atoms with E-state index >= 15 is 0 Å². The molecular formula is C27H19N3O4S. The van der Waals surface area contributed by atoms with Crippen LogP contribution in [0.5, 0.6) is 17.2 Å². The topological polar surface area (TPSA) is 73.2 Å². The summed E-state index contributed by atoms with van der Waals surface area (Å²) in [5.41, 5.74) is 4.45. The van der Waals surface area contributed by atoms with E-state index in [1.165, 1.54) is 16.3 Å². The van der Waals surface area contributed by atoms with Gasteiger partial charge in [-0.25, -0.2) is 4.98 Å². The largest absolute Gasteiger partial charge is 0.497 e. The molecule has 0 saturated heterocycles. The summed E-state index contributed by atoms with van der Waals surface area (Å²) in [5.74, 6) is 1.88. The van der Waals surface area contributed by atoms with E-state index in [0.29, 0.717) is 27.9 Å². The van der Waals surface area contributed by atoms with E-state index in [4.69, 9.17) is 24.3 Å². The van der Waals surface area contributed by atoms with Gasteiger partial charge in [0, 0.05) is 16.5 Å². The average molecular weight is 482 g/mol. The van der Waals surface area contributed by atoms with Crippen LogP contribution >= 0.6 is 11.3 Å². The van der Waals surface area contributed by atoms with E-state index in [1.54, 1.807) is 7.11 Å². The molecule has 3 heterocycles. The summed E-state index contributed by atoms with van der Waals surface area (Å²) in [7, 11) is 1.63. The number of carbonyl (C=O) groups is 1. The van der Waals surface area contributed by atoms with Crippen molar-refractivity contribution in [2.45, 2.75) is 0 Å². The number of anilines is 1. The van der Waals surface area contributed by atoms with Gasteiger partial charge in [-0.15, -0.1) is 11.3 Å². The highest BCUT2D eigenvalue weighted by Gasteiger charge is 2.34. The molecule has 0 atom stereocenters. The van der Waals surface area contributed by atoms with Gasteiger partial charge in [-0.3, -0.25) is 4.79 Å². The first-order valence-corrected chi connectivity index (χ1v) is 11.8. The van der Waals surface area contributed by atoms with Gasteiger partial charge in [0.25, 0.3) is 5.91 Å². The van der Waals surface area contributed by atoms with Gasteiger partial charge in [0.1, 0.15) is 11.5 Å². The normalized spacial score (nSPS) is 15.6. The monoisotopic (exact) mass is 481 g/mol. The maximum Gasteiger partial charge on any atom is 0.283 e. The van der Waals surface area contributed by atoms with Crippen LogP contribution in [0.2, 0.25) is 0 Å². The summed E-state index contributed by atoms with van der Waals surface area (Å²) >= 11 is 1.37. The zero-order valence-electron chi connectivity index (χ0n) is 18.7. The van der Waals surface area contributed by atoms with Crippen LogP contribution in [0.1, 0.15) is 11.1 Å². The molecular weight excluding hydrogens is 462 g/mol. The second-order valence-electron chi connectivity index (χ2n) is 7.85. The fraction of sp³-hybridized carbons (Fsp3) is 0.0741. The smallest absolute Gasteiger partial charge is 0.283 e. The van der Waals surface area contributed by atoms with Crippen molar-refractivity contribution in [3.05, 3.63) is 94.9 Å². The number of ether oxygens (including phenoxy) is 3. The Labute approximate surface area is 205 Å². The number of methoxy groups -OCH3 is 1. The van der Waals surface area contributed by atoms with Crippen molar-refractivity contribution in [2.24, 2.45) is 5.10 Å². The quantitative estimate of drug-likeness (QED) is 0.358. The lowest BCUT2D eigenvalue weighted by Crippen LogP contribution is -2.21. The lowest BCUT2D eigenvalue weighted by atomic mass is 10.0. The Morgan fingerprint density at radius 3 is 2.57 bits per heavy atom.